The quantitative estimate of drug-likeness (QED) is 0.860. The Hall–Kier alpha value is -1.43. The third-order valence-electron chi connectivity index (χ3n) is 3.54. The molecular weight excluding hydrogens is 268 g/mol. The molecule has 1 aliphatic rings. The molecule has 0 bridgehead atoms. The molecule has 2 rings (SSSR count). The zero-order chi connectivity index (χ0) is 15.6. The van der Waals surface area contributed by atoms with Gasteiger partial charge < -0.3 is 9.30 Å². The Labute approximate surface area is 126 Å². The predicted molar refractivity (Wildman–Crippen MR) is 79.8 cm³/mol. The maximum atomic E-state index is 12.0. The van der Waals surface area contributed by atoms with Crippen LogP contribution in [0.15, 0.2) is 0 Å². The number of carbonyl (C=O) groups excluding carboxylic acids is 1. The summed E-state index contributed by atoms with van der Waals surface area (Å²) < 4.78 is 7.56. The minimum absolute atomic E-state index is 0.0353. The Bertz CT molecular complexity index is 504. The van der Waals surface area contributed by atoms with E-state index in [-0.39, 0.29) is 18.1 Å². The zero-order valence-electron chi connectivity index (χ0n) is 13.6. The van der Waals surface area contributed by atoms with Crippen molar-refractivity contribution < 1.29 is 9.53 Å². The highest BCUT2D eigenvalue weighted by Crippen LogP contribution is 2.19. The number of hydrogen-bond acceptors (Lipinski definition) is 5. The molecule has 1 aromatic heterocycles. The monoisotopic (exact) mass is 294 g/mol. The second-order valence-corrected chi connectivity index (χ2v) is 6.73. The van der Waals surface area contributed by atoms with Crippen molar-refractivity contribution in [3.05, 3.63) is 11.6 Å². The lowest BCUT2D eigenvalue weighted by molar-refractivity contribution is -0.157. The van der Waals surface area contributed by atoms with Gasteiger partial charge in [-0.3, -0.25) is 10.1 Å². The van der Waals surface area contributed by atoms with E-state index in [1.165, 1.54) is 6.42 Å². The van der Waals surface area contributed by atoms with Crippen LogP contribution in [0.1, 0.15) is 65.2 Å². The van der Waals surface area contributed by atoms with Crippen LogP contribution in [0.2, 0.25) is 0 Å². The molecule has 1 aromatic rings. The van der Waals surface area contributed by atoms with E-state index < -0.39 is 5.60 Å². The van der Waals surface area contributed by atoms with E-state index in [0.29, 0.717) is 0 Å². The number of esters is 1. The van der Waals surface area contributed by atoms with E-state index in [0.717, 1.165) is 31.0 Å². The molecule has 2 atom stereocenters. The van der Waals surface area contributed by atoms with Crippen molar-refractivity contribution in [1.29, 1.82) is 0 Å². The molecule has 0 aliphatic carbocycles. The normalized spacial score (nSPS) is 18.0. The number of nitrogens with zero attached hydrogens (tertiary/aromatic N) is 3. The number of hydrogen-bond donors (Lipinski definition) is 1. The van der Waals surface area contributed by atoms with Crippen LogP contribution < -0.4 is 5.32 Å². The molecule has 2 heterocycles. The van der Waals surface area contributed by atoms with Crippen molar-refractivity contribution in [3.8, 4) is 0 Å². The van der Waals surface area contributed by atoms with Gasteiger partial charge in [0.25, 0.3) is 0 Å². The van der Waals surface area contributed by atoms with E-state index in [9.17, 15) is 4.79 Å². The first-order valence-corrected chi connectivity index (χ1v) is 7.69. The third-order valence-corrected chi connectivity index (χ3v) is 3.54. The highest BCUT2D eigenvalue weighted by molar-refractivity contribution is 5.75. The first-order valence-electron chi connectivity index (χ1n) is 7.69. The van der Waals surface area contributed by atoms with Gasteiger partial charge in [0.1, 0.15) is 23.3 Å². The lowest BCUT2D eigenvalue weighted by Crippen LogP contribution is -2.41. The summed E-state index contributed by atoms with van der Waals surface area (Å²) in [5, 5.41) is 11.8. The fourth-order valence-corrected chi connectivity index (χ4v) is 2.56. The topological polar surface area (TPSA) is 69.0 Å². The second kappa shape index (κ2) is 6.13. The average molecular weight is 294 g/mol. The van der Waals surface area contributed by atoms with Gasteiger partial charge in [0.15, 0.2) is 0 Å². The van der Waals surface area contributed by atoms with Crippen LogP contribution in [0.25, 0.3) is 0 Å². The van der Waals surface area contributed by atoms with Gasteiger partial charge in [-0.2, -0.15) is 0 Å². The average Bonchev–Trinajstić information content (AvgIpc) is 2.80. The Kier molecular flexibility index (Phi) is 4.66. The van der Waals surface area contributed by atoms with E-state index in [1.807, 2.05) is 34.6 Å². The summed E-state index contributed by atoms with van der Waals surface area (Å²) in [6.45, 7) is 10.4. The van der Waals surface area contributed by atoms with Gasteiger partial charge in [0, 0.05) is 13.0 Å². The predicted octanol–water partition coefficient (Wildman–Crippen LogP) is 2.00. The summed E-state index contributed by atoms with van der Waals surface area (Å²) in [5.74, 6) is 1.71. The highest BCUT2D eigenvalue weighted by atomic mass is 16.6. The Morgan fingerprint density at radius 2 is 2.00 bits per heavy atom. The second-order valence-electron chi connectivity index (χ2n) is 6.73. The minimum atomic E-state index is -0.468. The molecule has 118 valence electrons. The fourth-order valence-electron chi connectivity index (χ4n) is 2.56. The maximum Gasteiger partial charge on any atom is 0.323 e. The lowest BCUT2D eigenvalue weighted by atomic mass is 10.1. The molecule has 1 aliphatic heterocycles. The first kappa shape index (κ1) is 15.9. The number of rotatable bonds is 4. The van der Waals surface area contributed by atoms with Crippen LogP contribution in [-0.2, 0) is 22.5 Å². The number of aromatic nitrogens is 3. The molecule has 1 N–H and O–H groups in total. The number of nitrogens with one attached hydrogen (secondary N) is 1. The maximum absolute atomic E-state index is 12.0. The summed E-state index contributed by atoms with van der Waals surface area (Å²) in [4.78, 5) is 12.0. The van der Waals surface area contributed by atoms with Crippen molar-refractivity contribution in [2.75, 3.05) is 0 Å². The van der Waals surface area contributed by atoms with E-state index in [2.05, 4.69) is 20.1 Å². The van der Waals surface area contributed by atoms with Crippen LogP contribution in [-0.4, -0.2) is 32.4 Å². The standard InChI is InChI=1S/C15H26N4O2/c1-10(16-11(2)14(20)21-15(3,4)5)13-18-17-12-8-6-7-9-19(12)13/h10-11,16H,6-9H2,1-5H3. The zero-order valence-corrected chi connectivity index (χ0v) is 13.6. The number of fused-ring (bicyclic) bond motifs is 1. The van der Waals surface area contributed by atoms with Gasteiger partial charge >= 0.3 is 5.97 Å². The van der Waals surface area contributed by atoms with Crippen LogP contribution in [0, 0.1) is 0 Å². The van der Waals surface area contributed by atoms with Crippen LogP contribution in [0.5, 0.6) is 0 Å². The molecule has 0 saturated carbocycles. The van der Waals surface area contributed by atoms with Gasteiger partial charge in [0.2, 0.25) is 0 Å². The lowest BCUT2D eigenvalue weighted by Gasteiger charge is -2.25. The van der Waals surface area contributed by atoms with Gasteiger partial charge in [-0.1, -0.05) is 0 Å². The van der Waals surface area contributed by atoms with Crippen molar-refractivity contribution in [2.45, 2.75) is 78.1 Å². The highest BCUT2D eigenvalue weighted by Gasteiger charge is 2.26. The van der Waals surface area contributed by atoms with Gasteiger partial charge in [-0.05, 0) is 47.5 Å². The molecule has 21 heavy (non-hydrogen) atoms. The number of carbonyl (C=O) groups is 1. The van der Waals surface area contributed by atoms with Gasteiger partial charge in [0.05, 0.1) is 6.04 Å². The molecule has 0 spiro atoms. The first-order chi connectivity index (χ1) is 9.78. The third kappa shape index (κ3) is 4.03. The molecular formula is C15H26N4O2. The van der Waals surface area contributed by atoms with Crippen LogP contribution in [0.4, 0.5) is 0 Å². The van der Waals surface area contributed by atoms with E-state index in [4.69, 9.17) is 4.74 Å². The summed E-state index contributed by atoms with van der Waals surface area (Å²) in [6.07, 6.45) is 3.32. The molecule has 0 fully saturated rings. The molecule has 2 unspecified atom stereocenters. The molecule has 0 aromatic carbocycles. The Morgan fingerprint density at radius 1 is 1.29 bits per heavy atom. The summed E-state index contributed by atoms with van der Waals surface area (Å²) in [7, 11) is 0. The Morgan fingerprint density at radius 3 is 2.67 bits per heavy atom. The Balaban J connectivity index is 1.99. The van der Waals surface area contributed by atoms with Gasteiger partial charge in [-0.25, -0.2) is 0 Å². The van der Waals surface area contributed by atoms with Gasteiger partial charge in [-0.15, -0.1) is 10.2 Å². The van der Waals surface area contributed by atoms with Crippen molar-refractivity contribution in [3.63, 3.8) is 0 Å². The molecule has 0 saturated heterocycles. The summed E-state index contributed by atoms with van der Waals surface area (Å²) in [6, 6.07) is -0.414. The van der Waals surface area contributed by atoms with Crippen LogP contribution in [0.3, 0.4) is 0 Å². The summed E-state index contributed by atoms with van der Waals surface area (Å²) in [5.41, 5.74) is -0.468. The van der Waals surface area contributed by atoms with Crippen molar-refractivity contribution in [2.24, 2.45) is 0 Å². The molecule has 6 heteroatoms. The van der Waals surface area contributed by atoms with E-state index >= 15 is 0 Å². The SMILES string of the molecule is CC(NC(C)c1nnc2n1CCCC2)C(=O)OC(C)(C)C. The van der Waals surface area contributed by atoms with Crippen molar-refractivity contribution >= 4 is 5.97 Å². The molecule has 6 nitrogen and oxygen atoms in total. The molecule has 0 amide bonds. The summed E-state index contributed by atoms with van der Waals surface area (Å²) >= 11 is 0. The molecule has 0 radical (unpaired) electrons. The largest absolute Gasteiger partial charge is 0.459 e. The smallest absolute Gasteiger partial charge is 0.323 e. The number of aryl methyl sites for hydroxylation is 1. The van der Waals surface area contributed by atoms with E-state index in [1.54, 1.807) is 0 Å². The minimum Gasteiger partial charge on any atom is -0.459 e. The fraction of sp³-hybridized carbons (Fsp3) is 0.800. The van der Waals surface area contributed by atoms with Crippen molar-refractivity contribution in [1.82, 2.24) is 20.1 Å². The van der Waals surface area contributed by atoms with Crippen LogP contribution >= 0.6 is 0 Å². The number of ether oxygens (including phenoxy) is 1.